The molecule has 1 aromatic heterocycles. The van der Waals surface area contributed by atoms with Gasteiger partial charge in [-0.25, -0.2) is 0 Å². The van der Waals surface area contributed by atoms with E-state index in [2.05, 4.69) is 10.2 Å². The van der Waals surface area contributed by atoms with Crippen LogP contribution in [0.5, 0.6) is 5.75 Å². The molecule has 1 aromatic carbocycles. The first kappa shape index (κ1) is 10.9. The number of nitrogens with one attached hydrogen (secondary N) is 1. The SMILES string of the molecule is COc1ccc(-c2[nH]ncc2N)cc1[N+](=O)[O-]. The maximum atomic E-state index is 10.9. The van der Waals surface area contributed by atoms with E-state index < -0.39 is 4.92 Å². The largest absolute Gasteiger partial charge is 0.490 e. The lowest BCUT2D eigenvalue weighted by atomic mass is 10.1. The van der Waals surface area contributed by atoms with Gasteiger partial charge in [-0.2, -0.15) is 5.10 Å². The van der Waals surface area contributed by atoms with Gasteiger partial charge in [0, 0.05) is 11.6 Å². The summed E-state index contributed by atoms with van der Waals surface area (Å²) in [4.78, 5) is 10.4. The van der Waals surface area contributed by atoms with Crippen LogP contribution in [0.4, 0.5) is 11.4 Å². The van der Waals surface area contributed by atoms with E-state index in [1.807, 2.05) is 0 Å². The van der Waals surface area contributed by atoms with Gasteiger partial charge in [0.15, 0.2) is 5.75 Å². The number of nitrogens with two attached hydrogens (primary N) is 1. The molecule has 0 aliphatic carbocycles. The number of aromatic nitrogens is 2. The molecule has 1 heterocycles. The van der Waals surface area contributed by atoms with Gasteiger partial charge in [0.2, 0.25) is 0 Å². The van der Waals surface area contributed by atoms with Crippen molar-refractivity contribution in [2.24, 2.45) is 0 Å². The van der Waals surface area contributed by atoms with Gasteiger partial charge in [0.1, 0.15) is 0 Å². The Morgan fingerprint density at radius 1 is 1.53 bits per heavy atom. The van der Waals surface area contributed by atoms with Gasteiger partial charge in [0.25, 0.3) is 0 Å². The second kappa shape index (κ2) is 4.12. The molecule has 0 saturated carbocycles. The maximum Gasteiger partial charge on any atom is 0.311 e. The van der Waals surface area contributed by atoms with Gasteiger partial charge in [-0.15, -0.1) is 0 Å². The average molecular weight is 234 g/mol. The Morgan fingerprint density at radius 3 is 2.82 bits per heavy atom. The van der Waals surface area contributed by atoms with E-state index >= 15 is 0 Å². The number of ether oxygens (including phenoxy) is 1. The molecule has 7 heteroatoms. The quantitative estimate of drug-likeness (QED) is 0.619. The summed E-state index contributed by atoms with van der Waals surface area (Å²) in [7, 11) is 1.38. The van der Waals surface area contributed by atoms with Crippen LogP contribution in [-0.4, -0.2) is 22.2 Å². The second-order valence-electron chi connectivity index (χ2n) is 3.34. The first-order chi connectivity index (χ1) is 8.13. The summed E-state index contributed by atoms with van der Waals surface area (Å²) in [5.74, 6) is 0.205. The zero-order valence-corrected chi connectivity index (χ0v) is 9.01. The third-order valence-electron chi connectivity index (χ3n) is 2.33. The lowest BCUT2D eigenvalue weighted by molar-refractivity contribution is -0.385. The zero-order valence-electron chi connectivity index (χ0n) is 9.01. The molecule has 2 aromatic rings. The van der Waals surface area contributed by atoms with Gasteiger partial charge < -0.3 is 10.5 Å². The Labute approximate surface area is 96.4 Å². The number of hydrogen-bond donors (Lipinski definition) is 2. The van der Waals surface area contributed by atoms with Crippen molar-refractivity contribution in [2.45, 2.75) is 0 Å². The summed E-state index contributed by atoms with van der Waals surface area (Å²) >= 11 is 0. The summed E-state index contributed by atoms with van der Waals surface area (Å²) in [6.07, 6.45) is 1.45. The highest BCUT2D eigenvalue weighted by Gasteiger charge is 2.17. The predicted molar refractivity (Wildman–Crippen MR) is 61.6 cm³/mol. The fraction of sp³-hybridized carbons (Fsp3) is 0.100. The third-order valence-corrected chi connectivity index (χ3v) is 2.33. The van der Waals surface area contributed by atoms with Gasteiger partial charge in [-0.1, -0.05) is 0 Å². The minimum absolute atomic E-state index is 0.112. The first-order valence-corrected chi connectivity index (χ1v) is 4.75. The molecule has 0 unspecified atom stereocenters. The minimum Gasteiger partial charge on any atom is -0.490 e. The highest BCUT2D eigenvalue weighted by Crippen LogP contribution is 2.32. The summed E-state index contributed by atoms with van der Waals surface area (Å²) < 4.78 is 4.91. The van der Waals surface area contributed by atoms with Crippen molar-refractivity contribution < 1.29 is 9.66 Å². The van der Waals surface area contributed by atoms with E-state index in [0.717, 1.165) is 0 Å². The molecule has 0 radical (unpaired) electrons. The Balaban J connectivity index is 2.55. The van der Waals surface area contributed by atoms with Crippen molar-refractivity contribution in [3.05, 3.63) is 34.5 Å². The van der Waals surface area contributed by atoms with Crippen molar-refractivity contribution >= 4 is 11.4 Å². The number of nitro groups is 1. The second-order valence-corrected chi connectivity index (χ2v) is 3.34. The molecule has 3 N–H and O–H groups in total. The van der Waals surface area contributed by atoms with Crippen LogP contribution in [0.3, 0.4) is 0 Å². The monoisotopic (exact) mass is 234 g/mol. The fourth-order valence-corrected chi connectivity index (χ4v) is 1.51. The molecule has 17 heavy (non-hydrogen) atoms. The fourth-order valence-electron chi connectivity index (χ4n) is 1.51. The van der Waals surface area contributed by atoms with Gasteiger partial charge in [-0.3, -0.25) is 15.2 Å². The van der Waals surface area contributed by atoms with Crippen molar-refractivity contribution in [1.82, 2.24) is 10.2 Å². The van der Waals surface area contributed by atoms with Crippen LogP contribution in [-0.2, 0) is 0 Å². The Morgan fingerprint density at radius 2 is 2.29 bits per heavy atom. The number of aromatic amines is 1. The highest BCUT2D eigenvalue weighted by molar-refractivity contribution is 5.74. The summed E-state index contributed by atoms with van der Waals surface area (Å²) in [5.41, 5.74) is 7.14. The number of hydrogen-bond acceptors (Lipinski definition) is 5. The number of benzene rings is 1. The Bertz CT molecular complexity index is 564. The molecule has 2 rings (SSSR count). The van der Waals surface area contributed by atoms with Crippen LogP contribution in [0, 0.1) is 10.1 Å². The van der Waals surface area contributed by atoms with Crippen molar-refractivity contribution in [3.63, 3.8) is 0 Å². The molecule has 7 nitrogen and oxygen atoms in total. The highest BCUT2D eigenvalue weighted by atomic mass is 16.6. The molecule has 0 spiro atoms. The van der Waals surface area contributed by atoms with Crippen molar-refractivity contribution in [1.29, 1.82) is 0 Å². The summed E-state index contributed by atoms with van der Waals surface area (Å²) in [6.45, 7) is 0. The van der Waals surface area contributed by atoms with Gasteiger partial charge in [0.05, 0.1) is 29.6 Å². The maximum absolute atomic E-state index is 10.9. The molecule has 88 valence electrons. The standard InChI is InChI=1S/C10H10N4O3/c1-17-9-3-2-6(4-8(9)14(15)16)10-7(11)5-12-13-10/h2-5H,11H2,1H3,(H,12,13). The lowest BCUT2D eigenvalue weighted by Crippen LogP contribution is -1.95. The van der Waals surface area contributed by atoms with E-state index in [0.29, 0.717) is 16.9 Å². The molecular formula is C10H10N4O3. The first-order valence-electron chi connectivity index (χ1n) is 4.75. The molecule has 0 aliphatic rings. The Kier molecular flexibility index (Phi) is 2.65. The molecule has 0 aliphatic heterocycles. The topological polar surface area (TPSA) is 107 Å². The van der Waals surface area contributed by atoms with Crippen LogP contribution in [0.25, 0.3) is 11.3 Å². The van der Waals surface area contributed by atoms with E-state index in [-0.39, 0.29) is 11.4 Å². The van der Waals surface area contributed by atoms with Crippen molar-refractivity contribution in [3.8, 4) is 17.0 Å². The third kappa shape index (κ3) is 1.89. The van der Waals surface area contributed by atoms with E-state index in [9.17, 15) is 10.1 Å². The molecule has 0 atom stereocenters. The molecule has 0 amide bonds. The lowest BCUT2D eigenvalue weighted by Gasteiger charge is -2.04. The minimum atomic E-state index is -0.505. The number of H-pyrrole nitrogens is 1. The average Bonchev–Trinajstić information content (AvgIpc) is 2.74. The number of rotatable bonds is 3. The number of methoxy groups -OCH3 is 1. The Hall–Kier alpha value is -2.57. The van der Waals surface area contributed by atoms with Crippen molar-refractivity contribution in [2.75, 3.05) is 12.8 Å². The van der Waals surface area contributed by atoms with Crippen LogP contribution >= 0.6 is 0 Å². The number of nitrogen functional groups attached to an aromatic ring is 1. The van der Waals surface area contributed by atoms with Gasteiger partial charge in [-0.05, 0) is 12.1 Å². The van der Waals surface area contributed by atoms with E-state index in [1.165, 1.54) is 25.4 Å². The predicted octanol–water partition coefficient (Wildman–Crippen LogP) is 1.58. The van der Waals surface area contributed by atoms with E-state index in [4.69, 9.17) is 10.5 Å². The molecule has 0 fully saturated rings. The van der Waals surface area contributed by atoms with Crippen LogP contribution in [0.2, 0.25) is 0 Å². The van der Waals surface area contributed by atoms with Gasteiger partial charge >= 0.3 is 5.69 Å². The number of anilines is 1. The summed E-state index contributed by atoms with van der Waals surface area (Å²) in [6, 6.07) is 4.59. The normalized spacial score (nSPS) is 10.2. The smallest absolute Gasteiger partial charge is 0.311 e. The number of nitro benzene ring substituents is 1. The van der Waals surface area contributed by atoms with Crippen LogP contribution in [0.1, 0.15) is 0 Å². The molecule has 0 saturated heterocycles. The summed E-state index contributed by atoms with van der Waals surface area (Å²) in [5, 5.41) is 17.3. The van der Waals surface area contributed by atoms with Crippen LogP contribution in [0.15, 0.2) is 24.4 Å². The van der Waals surface area contributed by atoms with E-state index in [1.54, 1.807) is 6.07 Å². The number of nitrogens with zero attached hydrogens (tertiary/aromatic N) is 2. The molecule has 0 bridgehead atoms. The van der Waals surface area contributed by atoms with Crippen LogP contribution < -0.4 is 10.5 Å². The zero-order chi connectivity index (χ0) is 12.4. The molecular weight excluding hydrogens is 224 g/mol.